The van der Waals surface area contributed by atoms with Crippen molar-refractivity contribution in [3.05, 3.63) is 28.8 Å². The highest BCUT2D eigenvalue weighted by Crippen LogP contribution is 2.48. The van der Waals surface area contributed by atoms with Crippen molar-refractivity contribution in [1.29, 1.82) is 0 Å². The number of hydrogen-bond donors (Lipinski definition) is 1. The summed E-state index contributed by atoms with van der Waals surface area (Å²) >= 11 is 6.10. The van der Waals surface area contributed by atoms with E-state index in [1.54, 1.807) is 7.11 Å². The lowest BCUT2D eigenvalue weighted by Crippen LogP contribution is -2.43. The fourth-order valence-corrected chi connectivity index (χ4v) is 3.83. The Balaban J connectivity index is 2.44. The minimum Gasteiger partial charge on any atom is -0.495 e. The molecule has 2 rings (SSSR count). The Morgan fingerprint density at radius 3 is 2.65 bits per heavy atom. The lowest BCUT2D eigenvalue weighted by atomic mass is 9.64. The molecule has 0 aromatic heterocycles. The summed E-state index contributed by atoms with van der Waals surface area (Å²) in [5.74, 6) is 1.91. The summed E-state index contributed by atoms with van der Waals surface area (Å²) in [4.78, 5) is 0. The van der Waals surface area contributed by atoms with Gasteiger partial charge in [-0.25, -0.2) is 0 Å². The molecule has 3 heteroatoms. The molecule has 0 amide bonds. The Morgan fingerprint density at radius 2 is 2.05 bits per heavy atom. The summed E-state index contributed by atoms with van der Waals surface area (Å²) in [5, 5.41) is 11.9. The number of ether oxygens (including phenoxy) is 1. The first-order valence-electron chi connectivity index (χ1n) is 7.45. The van der Waals surface area contributed by atoms with Crippen molar-refractivity contribution in [3.8, 4) is 5.75 Å². The Labute approximate surface area is 127 Å². The molecule has 1 aliphatic carbocycles. The molecule has 1 aromatic carbocycles. The monoisotopic (exact) mass is 296 g/mol. The highest BCUT2D eigenvalue weighted by Gasteiger charge is 2.44. The van der Waals surface area contributed by atoms with Gasteiger partial charge in [0.05, 0.1) is 17.7 Å². The van der Waals surface area contributed by atoms with Crippen LogP contribution in [-0.4, -0.2) is 12.2 Å². The molecular weight excluding hydrogens is 272 g/mol. The van der Waals surface area contributed by atoms with Crippen LogP contribution >= 0.6 is 11.6 Å². The maximum atomic E-state index is 11.4. The summed E-state index contributed by atoms with van der Waals surface area (Å²) < 4.78 is 5.30. The van der Waals surface area contributed by atoms with Gasteiger partial charge in [0.1, 0.15) is 5.75 Å². The maximum absolute atomic E-state index is 11.4. The fraction of sp³-hybridized carbons (Fsp3) is 0.647. The largest absolute Gasteiger partial charge is 0.495 e. The zero-order valence-corrected chi connectivity index (χ0v) is 13.6. The number of benzene rings is 1. The molecule has 0 bridgehead atoms. The number of methoxy groups -OCH3 is 1. The van der Waals surface area contributed by atoms with E-state index in [-0.39, 0.29) is 5.92 Å². The topological polar surface area (TPSA) is 29.5 Å². The van der Waals surface area contributed by atoms with Crippen molar-refractivity contribution in [2.45, 2.75) is 45.6 Å². The first-order chi connectivity index (χ1) is 9.38. The summed E-state index contributed by atoms with van der Waals surface area (Å²) in [7, 11) is 1.61. The third-order valence-corrected chi connectivity index (χ3v) is 5.01. The van der Waals surface area contributed by atoms with Crippen LogP contribution in [0.25, 0.3) is 0 Å². The van der Waals surface area contributed by atoms with E-state index >= 15 is 0 Å². The van der Waals surface area contributed by atoms with Gasteiger partial charge in [-0.3, -0.25) is 0 Å². The van der Waals surface area contributed by atoms with Crippen molar-refractivity contribution >= 4 is 11.6 Å². The zero-order chi connectivity index (χ0) is 14.9. The Bertz CT molecular complexity index is 472. The molecule has 0 spiro atoms. The van der Waals surface area contributed by atoms with Gasteiger partial charge in [0, 0.05) is 0 Å². The van der Waals surface area contributed by atoms with Gasteiger partial charge in [0.2, 0.25) is 0 Å². The first kappa shape index (κ1) is 15.7. The predicted octanol–water partition coefficient (Wildman–Crippen LogP) is 4.63. The average molecular weight is 297 g/mol. The van der Waals surface area contributed by atoms with Crippen LogP contribution in [0, 0.1) is 17.8 Å². The van der Waals surface area contributed by atoms with Gasteiger partial charge in [-0.1, -0.05) is 44.9 Å². The average Bonchev–Trinajstić information content (AvgIpc) is 2.38. The first-order valence-corrected chi connectivity index (χ1v) is 7.82. The lowest BCUT2D eigenvalue weighted by Gasteiger charge is -2.45. The van der Waals surface area contributed by atoms with Crippen LogP contribution in [0.2, 0.25) is 5.02 Å². The minimum atomic E-state index is -0.774. The van der Waals surface area contributed by atoms with Gasteiger partial charge in [0.25, 0.3) is 0 Å². The Morgan fingerprint density at radius 1 is 1.35 bits per heavy atom. The van der Waals surface area contributed by atoms with E-state index in [0.29, 0.717) is 22.6 Å². The molecule has 2 nitrogen and oxygen atoms in total. The standard InChI is InChI=1S/C17H25ClO2/c1-11(2)14-7-5-12(3)10-17(14,19)13-6-8-15(18)16(9-13)20-4/h6,8-9,11-12,14,19H,5,7,10H2,1-4H3. The number of halogens is 1. The molecule has 3 atom stereocenters. The third-order valence-electron chi connectivity index (χ3n) is 4.70. The van der Waals surface area contributed by atoms with Gasteiger partial charge in [0.15, 0.2) is 0 Å². The molecular formula is C17H25ClO2. The van der Waals surface area contributed by atoms with Crippen molar-refractivity contribution < 1.29 is 9.84 Å². The normalized spacial score (nSPS) is 30.6. The van der Waals surface area contributed by atoms with Gasteiger partial charge in [-0.15, -0.1) is 0 Å². The van der Waals surface area contributed by atoms with Crippen LogP contribution in [0.5, 0.6) is 5.75 Å². The van der Waals surface area contributed by atoms with E-state index in [1.165, 1.54) is 6.42 Å². The van der Waals surface area contributed by atoms with E-state index in [4.69, 9.17) is 16.3 Å². The second kappa shape index (κ2) is 5.95. The van der Waals surface area contributed by atoms with Gasteiger partial charge in [-0.2, -0.15) is 0 Å². The van der Waals surface area contributed by atoms with Crippen molar-refractivity contribution in [1.82, 2.24) is 0 Å². The second-order valence-electron chi connectivity index (χ2n) is 6.51. The molecule has 0 aliphatic heterocycles. The lowest BCUT2D eigenvalue weighted by molar-refractivity contribution is -0.0866. The third kappa shape index (κ3) is 2.82. The van der Waals surface area contributed by atoms with Crippen molar-refractivity contribution in [3.63, 3.8) is 0 Å². The molecule has 3 unspecified atom stereocenters. The van der Waals surface area contributed by atoms with E-state index in [9.17, 15) is 5.11 Å². The van der Waals surface area contributed by atoms with Crippen LogP contribution in [-0.2, 0) is 5.60 Å². The summed E-state index contributed by atoms with van der Waals surface area (Å²) in [6.07, 6.45) is 3.07. The molecule has 20 heavy (non-hydrogen) atoms. The highest BCUT2D eigenvalue weighted by molar-refractivity contribution is 6.32. The molecule has 112 valence electrons. The smallest absolute Gasteiger partial charge is 0.137 e. The quantitative estimate of drug-likeness (QED) is 0.881. The van der Waals surface area contributed by atoms with Crippen LogP contribution in [0.3, 0.4) is 0 Å². The van der Waals surface area contributed by atoms with Crippen LogP contribution in [0.4, 0.5) is 0 Å². The van der Waals surface area contributed by atoms with E-state index in [1.807, 2.05) is 18.2 Å². The molecule has 0 saturated heterocycles. The molecule has 1 aliphatic rings. The van der Waals surface area contributed by atoms with Crippen LogP contribution < -0.4 is 4.74 Å². The summed E-state index contributed by atoms with van der Waals surface area (Å²) in [5.41, 5.74) is 0.160. The van der Waals surface area contributed by atoms with Crippen molar-refractivity contribution in [2.24, 2.45) is 17.8 Å². The Hall–Kier alpha value is -0.730. The SMILES string of the molecule is COc1cc(C2(O)CC(C)CCC2C(C)C)ccc1Cl. The molecule has 1 N–H and O–H groups in total. The highest BCUT2D eigenvalue weighted by atomic mass is 35.5. The molecule has 0 heterocycles. The van der Waals surface area contributed by atoms with Gasteiger partial charge >= 0.3 is 0 Å². The van der Waals surface area contributed by atoms with E-state index < -0.39 is 5.60 Å². The van der Waals surface area contributed by atoms with Crippen LogP contribution in [0.15, 0.2) is 18.2 Å². The fourth-order valence-electron chi connectivity index (χ4n) is 3.63. The van der Waals surface area contributed by atoms with Crippen molar-refractivity contribution in [2.75, 3.05) is 7.11 Å². The molecule has 0 radical (unpaired) electrons. The number of rotatable bonds is 3. The zero-order valence-electron chi connectivity index (χ0n) is 12.8. The number of hydrogen-bond acceptors (Lipinski definition) is 2. The molecule has 1 fully saturated rings. The molecule has 1 aromatic rings. The number of aliphatic hydroxyl groups is 1. The molecule has 1 saturated carbocycles. The van der Waals surface area contributed by atoms with Crippen LogP contribution in [0.1, 0.15) is 45.6 Å². The summed E-state index contributed by atoms with van der Waals surface area (Å²) in [6, 6.07) is 5.67. The minimum absolute atomic E-state index is 0.282. The maximum Gasteiger partial charge on any atom is 0.137 e. The van der Waals surface area contributed by atoms with Gasteiger partial charge in [-0.05, 0) is 48.3 Å². The predicted molar refractivity (Wildman–Crippen MR) is 83.2 cm³/mol. The van der Waals surface area contributed by atoms with Gasteiger partial charge < -0.3 is 9.84 Å². The van der Waals surface area contributed by atoms with E-state index in [0.717, 1.165) is 18.4 Å². The second-order valence-corrected chi connectivity index (χ2v) is 6.92. The summed E-state index contributed by atoms with van der Waals surface area (Å²) in [6.45, 7) is 6.60. The van der Waals surface area contributed by atoms with E-state index in [2.05, 4.69) is 20.8 Å². The Kier molecular flexibility index (Phi) is 4.66.